The first-order chi connectivity index (χ1) is 12.9. The summed E-state index contributed by atoms with van der Waals surface area (Å²) in [4.78, 5) is 10.7. The van der Waals surface area contributed by atoms with Crippen molar-refractivity contribution in [3.8, 4) is 5.75 Å². The van der Waals surface area contributed by atoms with Gasteiger partial charge in [-0.3, -0.25) is 0 Å². The van der Waals surface area contributed by atoms with Crippen molar-refractivity contribution >= 4 is 23.4 Å². The predicted octanol–water partition coefficient (Wildman–Crippen LogP) is 2.75. The molecule has 3 N–H and O–H groups in total. The number of halogens is 1. The molecule has 0 amide bonds. The fraction of sp³-hybridized carbons (Fsp3) is 0.474. The molecule has 0 aliphatic carbocycles. The maximum atomic E-state index is 9.37. The molecule has 1 aliphatic rings. The maximum Gasteiger partial charge on any atom is 0.222 e. The molecule has 0 unspecified atom stereocenters. The second kappa shape index (κ2) is 8.73. The lowest BCUT2D eigenvalue weighted by Crippen LogP contribution is -2.32. The second-order valence-corrected chi connectivity index (χ2v) is 7.11. The smallest absolute Gasteiger partial charge is 0.222 e. The molecule has 8 heteroatoms. The van der Waals surface area contributed by atoms with E-state index >= 15 is 0 Å². The minimum Gasteiger partial charge on any atom is -0.491 e. The van der Waals surface area contributed by atoms with Crippen molar-refractivity contribution < 1.29 is 14.6 Å². The summed E-state index contributed by atoms with van der Waals surface area (Å²) in [6.07, 6.45) is 0.341. The van der Waals surface area contributed by atoms with Gasteiger partial charge in [-0.2, -0.15) is 4.98 Å². The third kappa shape index (κ3) is 5.00. The van der Waals surface area contributed by atoms with E-state index in [0.717, 1.165) is 30.0 Å². The maximum absolute atomic E-state index is 9.37. The van der Waals surface area contributed by atoms with Crippen LogP contribution in [0.1, 0.15) is 30.6 Å². The van der Waals surface area contributed by atoms with Gasteiger partial charge in [0, 0.05) is 29.9 Å². The van der Waals surface area contributed by atoms with Crippen molar-refractivity contribution in [2.24, 2.45) is 0 Å². The zero-order valence-corrected chi connectivity index (χ0v) is 16.3. The quantitative estimate of drug-likeness (QED) is 0.807. The van der Waals surface area contributed by atoms with Gasteiger partial charge in [-0.1, -0.05) is 17.7 Å². The van der Waals surface area contributed by atoms with Crippen LogP contribution < -0.4 is 15.4 Å². The van der Waals surface area contributed by atoms with Crippen LogP contribution in [0.5, 0.6) is 5.75 Å². The first kappa shape index (κ1) is 19.7. The Kier molecular flexibility index (Phi) is 6.36. The van der Waals surface area contributed by atoms with Gasteiger partial charge in [0.1, 0.15) is 18.2 Å². The van der Waals surface area contributed by atoms with Crippen LogP contribution in [-0.2, 0) is 4.74 Å². The molecule has 7 nitrogen and oxygen atoms in total. The van der Waals surface area contributed by atoms with Crippen LogP contribution in [-0.4, -0.2) is 47.5 Å². The standard InChI is InChI=1S/C19H25ClN4O3/c1-12-8-18(23-19(21)22-12)24-6-3-7-26-11-17(24)15-5-4-14(9-16(15)20)27-10-13(2)25/h4-5,8-9,13,17,25H,3,6-7,10-11H2,1-2H3,(H2,21,22,23)/t13-,17-/m1/s1. The molecule has 1 saturated heterocycles. The first-order valence-electron chi connectivity index (χ1n) is 9.00. The Morgan fingerprint density at radius 2 is 2.22 bits per heavy atom. The number of nitrogen functional groups attached to an aromatic ring is 1. The molecular formula is C19H25ClN4O3. The molecule has 0 radical (unpaired) electrons. The van der Waals surface area contributed by atoms with Crippen molar-refractivity contribution in [3.63, 3.8) is 0 Å². The molecule has 0 saturated carbocycles. The summed E-state index contributed by atoms with van der Waals surface area (Å²) in [5, 5.41) is 9.96. The lowest BCUT2D eigenvalue weighted by Gasteiger charge is -2.31. The molecule has 1 aromatic carbocycles. The number of nitrogens with zero attached hydrogens (tertiary/aromatic N) is 3. The Morgan fingerprint density at radius 3 is 2.93 bits per heavy atom. The van der Waals surface area contributed by atoms with Gasteiger partial charge in [0.25, 0.3) is 0 Å². The molecule has 2 aromatic rings. The van der Waals surface area contributed by atoms with Crippen LogP contribution >= 0.6 is 11.6 Å². The number of aryl methyl sites for hydroxylation is 1. The van der Waals surface area contributed by atoms with Crippen molar-refractivity contribution in [1.82, 2.24) is 9.97 Å². The number of aliphatic hydroxyl groups is 1. The zero-order valence-electron chi connectivity index (χ0n) is 15.6. The minimum absolute atomic E-state index is 0.0977. The zero-order chi connectivity index (χ0) is 19.4. The molecule has 3 rings (SSSR count). The van der Waals surface area contributed by atoms with Gasteiger partial charge < -0.3 is 25.2 Å². The number of hydrogen-bond acceptors (Lipinski definition) is 7. The number of benzene rings is 1. The topological polar surface area (TPSA) is 93.7 Å². The third-order valence-electron chi connectivity index (χ3n) is 4.31. The van der Waals surface area contributed by atoms with Crippen LogP contribution in [0.2, 0.25) is 5.02 Å². The van der Waals surface area contributed by atoms with Crippen molar-refractivity contribution in [1.29, 1.82) is 0 Å². The summed E-state index contributed by atoms with van der Waals surface area (Å²) < 4.78 is 11.3. The highest BCUT2D eigenvalue weighted by Gasteiger charge is 2.27. The van der Waals surface area contributed by atoms with E-state index in [1.165, 1.54) is 0 Å². The molecule has 0 bridgehead atoms. The number of rotatable bonds is 5. The van der Waals surface area contributed by atoms with E-state index in [-0.39, 0.29) is 18.6 Å². The Hall–Kier alpha value is -2.09. The summed E-state index contributed by atoms with van der Waals surface area (Å²) in [5.74, 6) is 1.63. The summed E-state index contributed by atoms with van der Waals surface area (Å²) in [6, 6.07) is 7.37. The molecule has 2 atom stereocenters. The number of aromatic nitrogens is 2. The summed E-state index contributed by atoms with van der Waals surface area (Å²) in [5.41, 5.74) is 7.60. The Morgan fingerprint density at radius 1 is 1.41 bits per heavy atom. The molecule has 1 aliphatic heterocycles. The number of anilines is 2. The van der Waals surface area contributed by atoms with Gasteiger partial charge in [-0.15, -0.1) is 0 Å². The first-order valence-corrected chi connectivity index (χ1v) is 9.37. The van der Waals surface area contributed by atoms with E-state index in [4.69, 9.17) is 26.8 Å². The average molecular weight is 393 g/mol. The van der Waals surface area contributed by atoms with E-state index < -0.39 is 6.10 Å². The lowest BCUT2D eigenvalue weighted by atomic mass is 10.1. The second-order valence-electron chi connectivity index (χ2n) is 6.71. The van der Waals surface area contributed by atoms with Crippen LogP contribution in [0.15, 0.2) is 24.3 Å². The van der Waals surface area contributed by atoms with E-state index in [9.17, 15) is 5.11 Å². The average Bonchev–Trinajstić information content (AvgIpc) is 2.85. The monoisotopic (exact) mass is 392 g/mol. The highest BCUT2D eigenvalue weighted by Crippen LogP contribution is 2.34. The molecule has 1 fully saturated rings. The molecule has 1 aromatic heterocycles. The molecule has 2 heterocycles. The highest BCUT2D eigenvalue weighted by molar-refractivity contribution is 6.31. The lowest BCUT2D eigenvalue weighted by molar-refractivity contribution is 0.122. The highest BCUT2D eigenvalue weighted by atomic mass is 35.5. The summed E-state index contributed by atoms with van der Waals surface area (Å²) in [7, 11) is 0. The fourth-order valence-electron chi connectivity index (χ4n) is 3.12. The van der Waals surface area contributed by atoms with E-state index in [2.05, 4.69) is 14.9 Å². The van der Waals surface area contributed by atoms with Crippen LogP contribution in [0.25, 0.3) is 0 Å². The molecule has 146 valence electrons. The van der Waals surface area contributed by atoms with Crippen LogP contribution in [0.3, 0.4) is 0 Å². The number of hydrogen-bond donors (Lipinski definition) is 2. The summed E-state index contributed by atoms with van der Waals surface area (Å²) in [6.45, 7) is 5.74. The van der Waals surface area contributed by atoms with Crippen molar-refractivity contribution in [3.05, 3.63) is 40.5 Å². The SMILES string of the molecule is Cc1cc(N2CCCOC[C@@H]2c2ccc(OC[C@@H](C)O)cc2Cl)nc(N)n1. The largest absolute Gasteiger partial charge is 0.491 e. The number of nitrogens with two attached hydrogens (primary N) is 1. The molecular weight excluding hydrogens is 368 g/mol. The van der Waals surface area contributed by atoms with Gasteiger partial charge in [0.2, 0.25) is 5.95 Å². The van der Waals surface area contributed by atoms with Crippen LogP contribution in [0.4, 0.5) is 11.8 Å². The van der Waals surface area contributed by atoms with Gasteiger partial charge in [0.05, 0.1) is 18.8 Å². The number of ether oxygens (including phenoxy) is 2. The van der Waals surface area contributed by atoms with Gasteiger partial charge in [0.15, 0.2) is 0 Å². The molecule has 27 heavy (non-hydrogen) atoms. The van der Waals surface area contributed by atoms with Crippen LogP contribution in [0, 0.1) is 6.92 Å². The van der Waals surface area contributed by atoms with E-state index in [1.807, 2.05) is 25.1 Å². The van der Waals surface area contributed by atoms with E-state index in [1.54, 1.807) is 13.0 Å². The normalized spacial score (nSPS) is 18.8. The van der Waals surface area contributed by atoms with Gasteiger partial charge in [-0.05, 0) is 38.0 Å². The third-order valence-corrected chi connectivity index (χ3v) is 4.64. The number of aliphatic hydroxyl groups excluding tert-OH is 1. The van der Waals surface area contributed by atoms with Gasteiger partial charge in [-0.25, -0.2) is 4.98 Å². The van der Waals surface area contributed by atoms with Gasteiger partial charge >= 0.3 is 0 Å². The van der Waals surface area contributed by atoms with Crippen molar-refractivity contribution in [2.45, 2.75) is 32.4 Å². The molecule has 0 spiro atoms. The summed E-state index contributed by atoms with van der Waals surface area (Å²) >= 11 is 6.56. The Labute approximate surface area is 164 Å². The fourth-order valence-corrected chi connectivity index (χ4v) is 3.41. The van der Waals surface area contributed by atoms with Crippen molar-refractivity contribution in [2.75, 3.05) is 37.0 Å². The minimum atomic E-state index is -0.541. The van der Waals surface area contributed by atoms with E-state index in [0.29, 0.717) is 24.0 Å². The Balaban J connectivity index is 1.91. The predicted molar refractivity (Wildman–Crippen MR) is 105 cm³/mol. The Bertz CT molecular complexity index is 767.